The zero-order valence-electron chi connectivity index (χ0n) is 26.7. The maximum absolute atomic E-state index is 13.4. The Morgan fingerprint density at radius 3 is 2.81 bits per heavy atom. The molecule has 0 unspecified atom stereocenters. The van der Waals surface area contributed by atoms with Gasteiger partial charge < -0.3 is 29.2 Å². The van der Waals surface area contributed by atoms with Crippen molar-refractivity contribution in [3.05, 3.63) is 70.9 Å². The van der Waals surface area contributed by atoms with E-state index in [1.54, 1.807) is 11.1 Å². The molecule has 1 aromatic carbocycles. The lowest BCUT2D eigenvalue weighted by Gasteiger charge is -2.41. The Bertz CT molecular complexity index is 1690. The average molecular weight is 665 g/mol. The SMILES string of the molecule is [C-]#[N+]C[C@H]1CN(c2nc(O[C@@H](C)CN(C)CC3CC(F)(F)C3)nc3c2CCN(c2cncc4cccc(Cl)c24)C3)CCN1C(=O)C=C. The number of ether oxygens (including phenoxy) is 1. The van der Waals surface area contributed by atoms with Gasteiger partial charge in [-0.2, -0.15) is 9.97 Å². The lowest BCUT2D eigenvalue weighted by atomic mass is 9.81. The van der Waals surface area contributed by atoms with Crippen LogP contribution in [0.5, 0.6) is 6.01 Å². The van der Waals surface area contributed by atoms with E-state index in [0.717, 1.165) is 33.5 Å². The number of piperazine rings is 1. The van der Waals surface area contributed by atoms with Gasteiger partial charge in [0.2, 0.25) is 18.4 Å². The van der Waals surface area contributed by atoms with Gasteiger partial charge in [0.15, 0.2) is 0 Å². The number of alkyl halides is 2. The second-order valence-corrected chi connectivity index (χ2v) is 13.3. The molecule has 1 aliphatic carbocycles. The van der Waals surface area contributed by atoms with Gasteiger partial charge >= 0.3 is 6.01 Å². The summed E-state index contributed by atoms with van der Waals surface area (Å²) in [4.78, 5) is 38.6. The number of fused-ring (bicyclic) bond motifs is 2. The Balaban J connectivity index is 1.28. The number of aromatic nitrogens is 3. The minimum atomic E-state index is -2.54. The molecule has 13 heteroatoms. The van der Waals surface area contributed by atoms with E-state index in [0.29, 0.717) is 57.3 Å². The quantitative estimate of drug-likeness (QED) is 0.219. The van der Waals surface area contributed by atoms with Crippen LogP contribution in [0, 0.1) is 12.5 Å². The summed E-state index contributed by atoms with van der Waals surface area (Å²) in [6.07, 6.45) is 5.15. The molecule has 2 fully saturated rings. The molecule has 6 rings (SSSR count). The fourth-order valence-corrected chi connectivity index (χ4v) is 7.40. The predicted octanol–water partition coefficient (Wildman–Crippen LogP) is 5.11. The van der Waals surface area contributed by atoms with Crippen LogP contribution in [0.4, 0.5) is 20.3 Å². The van der Waals surface area contributed by atoms with Crippen molar-refractivity contribution < 1.29 is 18.3 Å². The maximum atomic E-state index is 13.4. The first-order chi connectivity index (χ1) is 22.5. The van der Waals surface area contributed by atoms with Crippen LogP contribution in [-0.4, -0.2) is 102 Å². The second kappa shape index (κ2) is 13.6. The number of pyridine rings is 1. The number of benzene rings is 1. The topological polar surface area (TPSA) is 82.3 Å². The van der Waals surface area contributed by atoms with E-state index in [9.17, 15) is 13.6 Å². The summed E-state index contributed by atoms with van der Waals surface area (Å²) in [5, 5.41) is 2.54. The Labute approximate surface area is 278 Å². The molecule has 0 N–H and O–H groups in total. The number of hydrogen-bond donors (Lipinski definition) is 0. The molecule has 1 saturated carbocycles. The monoisotopic (exact) mass is 664 g/mol. The van der Waals surface area contributed by atoms with E-state index in [1.165, 1.54) is 6.08 Å². The molecule has 3 aliphatic rings. The molecule has 47 heavy (non-hydrogen) atoms. The molecule has 2 atom stereocenters. The van der Waals surface area contributed by atoms with E-state index in [4.69, 9.17) is 32.9 Å². The van der Waals surface area contributed by atoms with Crippen molar-refractivity contribution in [1.82, 2.24) is 24.8 Å². The van der Waals surface area contributed by atoms with Gasteiger partial charge in [0.25, 0.3) is 0 Å². The Morgan fingerprint density at radius 2 is 2.06 bits per heavy atom. The van der Waals surface area contributed by atoms with E-state index >= 15 is 0 Å². The molecule has 2 aromatic heterocycles. The van der Waals surface area contributed by atoms with Crippen molar-refractivity contribution in [3.63, 3.8) is 0 Å². The first-order valence-electron chi connectivity index (χ1n) is 16.0. The smallest absolute Gasteiger partial charge is 0.318 e. The summed E-state index contributed by atoms with van der Waals surface area (Å²) in [5.74, 6) is -2.00. The van der Waals surface area contributed by atoms with Gasteiger partial charge in [-0.15, -0.1) is 0 Å². The fraction of sp³-hybridized carbons (Fsp3) is 0.500. The van der Waals surface area contributed by atoms with Crippen molar-refractivity contribution in [2.45, 2.75) is 50.8 Å². The number of nitrogens with zero attached hydrogens (tertiary/aromatic N) is 8. The Morgan fingerprint density at radius 1 is 1.26 bits per heavy atom. The Hall–Kier alpha value is -4.08. The van der Waals surface area contributed by atoms with E-state index < -0.39 is 5.92 Å². The first-order valence-corrected chi connectivity index (χ1v) is 16.3. The van der Waals surface area contributed by atoms with Gasteiger partial charge in [0.05, 0.1) is 29.1 Å². The maximum Gasteiger partial charge on any atom is 0.318 e. The van der Waals surface area contributed by atoms with Crippen LogP contribution < -0.4 is 14.5 Å². The highest BCUT2D eigenvalue weighted by Crippen LogP contribution is 2.42. The first kappa shape index (κ1) is 32.8. The van der Waals surface area contributed by atoms with Crippen molar-refractivity contribution in [2.75, 3.05) is 62.7 Å². The molecule has 3 aromatic rings. The molecule has 0 radical (unpaired) electrons. The van der Waals surface area contributed by atoms with Gasteiger partial charge in [0.1, 0.15) is 18.0 Å². The van der Waals surface area contributed by atoms with Crippen molar-refractivity contribution in [3.8, 4) is 6.01 Å². The summed E-state index contributed by atoms with van der Waals surface area (Å²) < 4.78 is 33.1. The van der Waals surface area contributed by atoms with Crippen LogP contribution in [-0.2, 0) is 17.8 Å². The lowest BCUT2D eigenvalue weighted by molar-refractivity contribution is -0.128. The van der Waals surface area contributed by atoms with Crippen LogP contribution >= 0.6 is 11.6 Å². The minimum Gasteiger partial charge on any atom is -0.459 e. The highest BCUT2D eigenvalue weighted by molar-refractivity contribution is 6.36. The van der Waals surface area contributed by atoms with Gasteiger partial charge in [-0.3, -0.25) is 9.78 Å². The number of carbonyl (C=O) groups excluding carboxylic acids is 1. The van der Waals surface area contributed by atoms with Crippen molar-refractivity contribution >= 4 is 39.8 Å². The lowest BCUT2D eigenvalue weighted by Crippen LogP contribution is -2.56. The highest BCUT2D eigenvalue weighted by atomic mass is 35.5. The van der Waals surface area contributed by atoms with Gasteiger partial charge in [0, 0.05) is 74.6 Å². The number of anilines is 2. The summed E-state index contributed by atoms with van der Waals surface area (Å²) >= 11 is 6.67. The summed E-state index contributed by atoms with van der Waals surface area (Å²) in [7, 11) is 1.91. The molecule has 248 valence electrons. The minimum absolute atomic E-state index is 0.0214. The summed E-state index contributed by atoms with van der Waals surface area (Å²) in [6.45, 7) is 16.9. The van der Waals surface area contributed by atoms with Gasteiger partial charge in [-0.25, -0.2) is 15.4 Å². The van der Waals surface area contributed by atoms with Crippen LogP contribution in [0.1, 0.15) is 31.0 Å². The fourth-order valence-electron chi connectivity index (χ4n) is 7.12. The number of rotatable bonds is 10. The van der Waals surface area contributed by atoms with Gasteiger partial charge in [-0.05, 0) is 38.5 Å². The standard InChI is InChI=1S/C34H39ClF2N8O2/c1-5-30(46)45-12-11-44(20-25(45)16-38-3)32-26-9-10-43(29-17-39-15-24-7-6-8-27(35)31(24)29)21-28(26)40-33(41-32)47-22(2)18-42(4)19-23-13-34(36,37)14-23/h5-8,15,17,22-23,25H,1,9-14,16,18-21H2,2,4H3/t22-,25-/m0/s1. The molecule has 1 saturated heterocycles. The van der Waals surface area contributed by atoms with Crippen molar-refractivity contribution in [2.24, 2.45) is 5.92 Å². The average Bonchev–Trinajstić information content (AvgIpc) is 3.02. The summed E-state index contributed by atoms with van der Waals surface area (Å²) in [5.41, 5.74) is 2.75. The molecule has 2 aliphatic heterocycles. The third-order valence-electron chi connectivity index (χ3n) is 9.24. The van der Waals surface area contributed by atoms with E-state index in [2.05, 4.69) is 26.2 Å². The molecule has 0 spiro atoms. The summed E-state index contributed by atoms with van der Waals surface area (Å²) in [6, 6.07) is 5.71. The largest absolute Gasteiger partial charge is 0.459 e. The zero-order chi connectivity index (χ0) is 33.3. The third kappa shape index (κ3) is 7.11. The number of likely N-dealkylation sites (N-methyl/N-ethyl adjacent to an activating group) is 1. The van der Waals surface area contributed by atoms with Crippen LogP contribution in [0.15, 0.2) is 43.2 Å². The normalized spacial score (nSPS) is 20.0. The van der Waals surface area contributed by atoms with Crippen LogP contribution in [0.3, 0.4) is 0 Å². The molecular formula is C34H39ClF2N8O2. The predicted molar refractivity (Wildman–Crippen MR) is 178 cm³/mol. The number of carbonyl (C=O) groups is 1. The molecule has 0 bridgehead atoms. The van der Waals surface area contributed by atoms with Crippen LogP contribution in [0.2, 0.25) is 5.02 Å². The molecule has 4 heterocycles. The number of hydrogen-bond acceptors (Lipinski definition) is 8. The van der Waals surface area contributed by atoms with E-state index in [1.807, 2.05) is 43.3 Å². The van der Waals surface area contributed by atoms with Crippen molar-refractivity contribution in [1.29, 1.82) is 0 Å². The highest BCUT2D eigenvalue weighted by Gasteiger charge is 2.45. The number of amides is 1. The van der Waals surface area contributed by atoms with Gasteiger partial charge in [-0.1, -0.05) is 30.3 Å². The zero-order valence-corrected chi connectivity index (χ0v) is 27.5. The molecule has 1 amide bonds. The van der Waals surface area contributed by atoms with Crippen LogP contribution in [0.25, 0.3) is 15.6 Å². The second-order valence-electron chi connectivity index (χ2n) is 12.9. The third-order valence-corrected chi connectivity index (χ3v) is 9.55. The number of halogens is 3. The molecule has 10 nitrogen and oxygen atoms in total. The van der Waals surface area contributed by atoms with E-state index in [-0.39, 0.29) is 49.4 Å². The molecular weight excluding hydrogens is 626 g/mol. The Kier molecular flexibility index (Phi) is 9.48.